The van der Waals surface area contributed by atoms with Gasteiger partial charge in [-0.15, -0.1) is 0 Å². The molecular weight excluding hydrogens is 248 g/mol. The Bertz CT molecular complexity index is 464. The number of aliphatic hydroxyl groups excluding tert-OH is 1. The SMILES string of the molecule is CNCc1ccc(OC2CCCC2O)c([N+](=O)[O-])c1. The summed E-state index contributed by atoms with van der Waals surface area (Å²) < 4.78 is 5.60. The van der Waals surface area contributed by atoms with Crippen LogP contribution in [0.25, 0.3) is 0 Å². The molecule has 1 aromatic carbocycles. The maximum atomic E-state index is 11.1. The summed E-state index contributed by atoms with van der Waals surface area (Å²) in [5, 5.41) is 23.7. The summed E-state index contributed by atoms with van der Waals surface area (Å²) in [6.07, 6.45) is 1.44. The average molecular weight is 266 g/mol. The Morgan fingerprint density at radius 3 is 2.89 bits per heavy atom. The van der Waals surface area contributed by atoms with Gasteiger partial charge < -0.3 is 15.2 Å². The Balaban J connectivity index is 2.21. The summed E-state index contributed by atoms with van der Waals surface area (Å²) >= 11 is 0. The lowest BCUT2D eigenvalue weighted by atomic mass is 10.2. The minimum atomic E-state index is -0.531. The monoisotopic (exact) mass is 266 g/mol. The first-order chi connectivity index (χ1) is 9.11. The molecule has 1 aliphatic rings. The molecule has 0 radical (unpaired) electrons. The van der Waals surface area contributed by atoms with Gasteiger partial charge in [0.25, 0.3) is 0 Å². The van der Waals surface area contributed by atoms with Crippen LogP contribution >= 0.6 is 0 Å². The number of rotatable bonds is 5. The van der Waals surface area contributed by atoms with Crippen LogP contribution in [0.4, 0.5) is 5.69 Å². The summed E-state index contributed by atoms with van der Waals surface area (Å²) in [4.78, 5) is 10.6. The van der Waals surface area contributed by atoms with Crippen molar-refractivity contribution >= 4 is 5.69 Å². The molecule has 0 heterocycles. The summed E-state index contributed by atoms with van der Waals surface area (Å²) in [6, 6.07) is 4.91. The molecule has 2 rings (SSSR count). The molecule has 1 aromatic rings. The molecule has 1 saturated carbocycles. The van der Waals surface area contributed by atoms with Crippen molar-refractivity contribution in [3.05, 3.63) is 33.9 Å². The Morgan fingerprint density at radius 1 is 1.53 bits per heavy atom. The molecule has 1 fully saturated rings. The summed E-state index contributed by atoms with van der Waals surface area (Å²) in [5.74, 6) is 0.232. The van der Waals surface area contributed by atoms with Gasteiger partial charge in [-0.05, 0) is 37.9 Å². The highest BCUT2D eigenvalue weighted by atomic mass is 16.6. The minimum Gasteiger partial charge on any atom is -0.481 e. The van der Waals surface area contributed by atoms with Gasteiger partial charge in [-0.2, -0.15) is 0 Å². The predicted molar refractivity (Wildman–Crippen MR) is 70.1 cm³/mol. The van der Waals surface area contributed by atoms with E-state index in [1.165, 1.54) is 6.07 Å². The first-order valence-electron chi connectivity index (χ1n) is 6.38. The van der Waals surface area contributed by atoms with Gasteiger partial charge in [-0.3, -0.25) is 10.1 Å². The normalized spacial score (nSPS) is 22.4. The lowest BCUT2D eigenvalue weighted by Crippen LogP contribution is -2.26. The van der Waals surface area contributed by atoms with Crippen LogP contribution in [0, 0.1) is 10.1 Å². The van der Waals surface area contributed by atoms with Gasteiger partial charge >= 0.3 is 5.69 Å². The first-order valence-corrected chi connectivity index (χ1v) is 6.38. The Morgan fingerprint density at radius 2 is 2.32 bits per heavy atom. The van der Waals surface area contributed by atoms with Crippen molar-refractivity contribution in [3.8, 4) is 5.75 Å². The average Bonchev–Trinajstić information content (AvgIpc) is 2.77. The maximum Gasteiger partial charge on any atom is 0.311 e. The van der Waals surface area contributed by atoms with Crippen LogP contribution in [-0.2, 0) is 6.54 Å². The first kappa shape index (κ1) is 13.8. The third-order valence-corrected chi connectivity index (χ3v) is 3.30. The van der Waals surface area contributed by atoms with Gasteiger partial charge in [0.1, 0.15) is 6.10 Å². The zero-order valence-corrected chi connectivity index (χ0v) is 10.8. The van der Waals surface area contributed by atoms with E-state index in [9.17, 15) is 15.2 Å². The van der Waals surface area contributed by atoms with Crippen LogP contribution in [0.2, 0.25) is 0 Å². The van der Waals surface area contributed by atoms with Gasteiger partial charge in [-0.1, -0.05) is 6.07 Å². The van der Waals surface area contributed by atoms with Crippen molar-refractivity contribution in [1.29, 1.82) is 0 Å². The molecule has 0 spiro atoms. The largest absolute Gasteiger partial charge is 0.481 e. The second kappa shape index (κ2) is 5.99. The number of nitro groups is 1. The Kier molecular flexibility index (Phi) is 4.34. The lowest BCUT2D eigenvalue weighted by molar-refractivity contribution is -0.386. The van der Waals surface area contributed by atoms with E-state index < -0.39 is 11.0 Å². The predicted octanol–water partition coefficient (Wildman–Crippen LogP) is 1.61. The van der Waals surface area contributed by atoms with Crippen molar-refractivity contribution in [2.75, 3.05) is 7.05 Å². The molecule has 6 nitrogen and oxygen atoms in total. The molecule has 0 aromatic heterocycles. The Labute approximate surface area is 111 Å². The number of nitro benzene ring substituents is 1. The van der Waals surface area contributed by atoms with Crippen molar-refractivity contribution in [2.24, 2.45) is 0 Å². The van der Waals surface area contributed by atoms with E-state index in [2.05, 4.69) is 5.32 Å². The molecule has 0 amide bonds. The summed E-state index contributed by atoms with van der Waals surface area (Å²) in [5.41, 5.74) is 0.778. The van der Waals surface area contributed by atoms with Crippen molar-refractivity contribution < 1.29 is 14.8 Å². The number of benzene rings is 1. The molecule has 104 valence electrons. The van der Waals surface area contributed by atoms with Crippen LogP contribution in [0.3, 0.4) is 0 Å². The fraction of sp³-hybridized carbons (Fsp3) is 0.538. The molecule has 0 aliphatic heterocycles. The molecule has 0 saturated heterocycles. The molecular formula is C13H18N2O4. The van der Waals surface area contributed by atoms with E-state index in [1.54, 1.807) is 19.2 Å². The highest BCUT2D eigenvalue weighted by molar-refractivity contribution is 5.48. The fourth-order valence-corrected chi connectivity index (χ4v) is 2.33. The number of nitrogens with one attached hydrogen (secondary N) is 1. The van der Waals surface area contributed by atoms with Crippen LogP contribution in [0.15, 0.2) is 18.2 Å². The van der Waals surface area contributed by atoms with Gasteiger partial charge in [-0.25, -0.2) is 0 Å². The van der Waals surface area contributed by atoms with Crippen LogP contribution < -0.4 is 10.1 Å². The highest BCUT2D eigenvalue weighted by Crippen LogP contribution is 2.32. The number of hydrogen-bond acceptors (Lipinski definition) is 5. The molecule has 2 unspecified atom stereocenters. The topological polar surface area (TPSA) is 84.6 Å². The third-order valence-electron chi connectivity index (χ3n) is 3.30. The summed E-state index contributed by atoms with van der Waals surface area (Å²) in [7, 11) is 1.78. The molecule has 19 heavy (non-hydrogen) atoms. The van der Waals surface area contributed by atoms with E-state index in [0.29, 0.717) is 13.0 Å². The van der Waals surface area contributed by atoms with E-state index in [0.717, 1.165) is 18.4 Å². The molecule has 0 bridgehead atoms. The van der Waals surface area contributed by atoms with Gasteiger partial charge in [0.15, 0.2) is 5.75 Å². The minimum absolute atomic E-state index is 0.0492. The zero-order chi connectivity index (χ0) is 13.8. The molecule has 6 heteroatoms. The second-order valence-corrected chi connectivity index (χ2v) is 4.74. The standard InChI is InChI=1S/C13H18N2O4/c1-14-8-9-5-6-12(10(7-9)15(17)18)19-13-4-2-3-11(13)16/h5-7,11,13-14,16H,2-4,8H2,1H3. The van der Waals surface area contributed by atoms with Gasteiger partial charge in [0, 0.05) is 12.6 Å². The van der Waals surface area contributed by atoms with Gasteiger partial charge in [0.05, 0.1) is 11.0 Å². The number of aliphatic hydroxyl groups is 1. The zero-order valence-electron chi connectivity index (χ0n) is 10.8. The summed E-state index contributed by atoms with van der Waals surface area (Å²) in [6.45, 7) is 0.563. The maximum absolute atomic E-state index is 11.1. The molecule has 1 aliphatic carbocycles. The Hall–Kier alpha value is -1.66. The van der Waals surface area contributed by atoms with Crippen LogP contribution in [0.5, 0.6) is 5.75 Å². The smallest absolute Gasteiger partial charge is 0.311 e. The van der Waals surface area contributed by atoms with Gasteiger partial charge in [0.2, 0.25) is 0 Å². The quantitative estimate of drug-likeness (QED) is 0.624. The van der Waals surface area contributed by atoms with Crippen LogP contribution in [0.1, 0.15) is 24.8 Å². The third kappa shape index (κ3) is 3.21. The molecule has 2 N–H and O–H groups in total. The second-order valence-electron chi connectivity index (χ2n) is 4.74. The van der Waals surface area contributed by atoms with Crippen LogP contribution in [-0.4, -0.2) is 29.3 Å². The fourth-order valence-electron chi connectivity index (χ4n) is 2.33. The molecule has 2 atom stereocenters. The van der Waals surface area contributed by atoms with E-state index in [4.69, 9.17) is 4.74 Å². The number of hydrogen-bond donors (Lipinski definition) is 2. The van der Waals surface area contributed by atoms with Crippen molar-refractivity contribution in [1.82, 2.24) is 5.32 Å². The van der Waals surface area contributed by atoms with E-state index in [1.807, 2.05) is 0 Å². The van der Waals surface area contributed by atoms with E-state index in [-0.39, 0.29) is 17.5 Å². The van der Waals surface area contributed by atoms with Crippen molar-refractivity contribution in [2.45, 2.75) is 38.0 Å². The number of nitrogens with zero attached hydrogens (tertiary/aromatic N) is 1. The highest BCUT2D eigenvalue weighted by Gasteiger charge is 2.29. The number of ether oxygens (including phenoxy) is 1. The van der Waals surface area contributed by atoms with E-state index >= 15 is 0 Å². The van der Waals surface area contributed by atoms with Crippen molar-refractivity contribution in [3.63, 3.8) is 0 Å². The lowest BCUT2D eigenvalue weighted by Gasteiger charge is -2.17.